The number of thioether (sulfide) groups is 1. The molecule has 116 valence electrons. The van der Waals surface area contributed by atoms with Crippen LogP contribution in [-0.2, 0) is 4.79 Å². The number of hydrogen-bond acceptors (Lipinski definition) is 4. The first-order valence-electron chi connectivity index (χ1n) is 6.98. The quantitative estimate of drug-likeness (QED) is 0.860. The van der Waals surface area contributed by atoms with E-state index in [4.69, 9.17) is 4.42 Å². The Morgan fingerprint density at radius 1 is 1.17 bits per heavy atom. The second-order valence-electron chi connectivity index (χ2n) is 5.10. The third kappa shape index (κ3) is 3.60. The Balaban J connectivity index is 1.77. The zero-order valence-corrected chi connectivity index (χ0v) is 13.4. The number of aliphatic imine (C=N–C) groups is 1. The number of aryl methyl sites for hydroxylation is 2. The molecule has 1 N–H and O–H groups in total. The highest BCUT2D eigenvalue weighted by molar-refractivity contribution is 8.18. The minimum Gasteiger partial charge on any atom is -0.462 e. The minimum atomic E-state index is -0.386. The summed E-state index contributed by atoms with van der Waals surface area (Å²) in [5.74, 6) is 0.678. The van der Waals surface area contributed by atoms with E-state index in [-0.39, 0.29) is 17.0 Å². The van der Waals surface area contributed by atoms with E-state index in [2.05, 4.69) is 10.3 Å². The molecule has 1 aromatic carbocycles. The highest BCUT2D eigenvalue weighted by atomic mass is 32.2. The van der Waals surface area contributed by atoms with Gasteiger partial charge in [-0.2, -0.15) is 4.99 Å². The Bertz CT molecular complexity index is 832. The Kier molecular flexibility index (Phi) is 4.16. The monoisotopic (exact) mass is 326 g/mol. The zero-order valence-electron chi connectivity index (χ0n) is 12.6. The zero-order chi connectivity index (χ0) is 16.4. The Hall–Kier alpha value is -2.60. The average Bonchev–Trinajstić information content (AvgIpc) is 3.06. The van der Waals surface area contributed by atoms with E-state index in [0.717, 1.165) is 23.1 Å². The smallest absolute Gasteiger partial charge is 0.279 e. The molecule has 2 aromatic rings. The lowest BCUT2D eigenvalue weighted by molar-refractivity contribution is -0.115. The third-order valence-corrected chi connectivity index (χ3v) is 4.10. The molecule has 1 saturated heterocycles. The number of carbonyl (C=O) groups is 2. The molecule has 0 spiro atoms. The summed E-state index contributed by atoms with van der Waals surface area (Å²) in [6, 6.07) is 10.7. The fraction of sp³-hybridized carbons (Fsp3) is 0.118. The molecule has 0 saturated carbocycles. The van der Waals surface area contributed by atoms with Crippen LogP contribution in [0.3, 0.4) is 0 Å². The first kappa shape index (κ1) is 15.3. The SMILES string of the molecule is Cc1ccc(C(=O)N=C2NC(=O)/C(=C/c3ccc(C)o3)S2)cc1. The first-order valence-corrected chi connectivity index (χ1v) is 7.80. The summed E-state index contributed by atoms with van der Waals surface area (Å²) in [6.07, 6.45) is 1.63. The summed E-state index contributed by atoms with van der Waals surface area (Å²) in [5.41, 5.74) is 1.55. The van der Waals surface area contributed by atoms with Crippen LogP contribution in [0.4, 0.5) is 0 Å². The second kappa shape index (κ2) is 6.26. The predicted molar refractivity (Wildman–Crippen MR) is 90.1 cm³/mol. The second-order valence-corrected chi connectivity index (χ2v) is 6.13. The normalized spacial score (nSPS) is 17.7. The number of amides is 2. The van der Waals surface area contributed by atoms with Crippen LogP contribution in [0.25, 0.3) is 6.08 Å². The molecule has 0 radical (unpaired) electrons. The van der Waals surface area contributed by atoms with Gasteiger partial charge in [0.2, 0.25) is 0 Å². The Morgan fingerprint density at radius 2 is 1.91 bits per heavy atom. The number of hydrogen-bond donors (Lipinski definition) is 1. The molecule has 1 fully saturated rings. The van der Waals surface area contributed by atoms with Crippen LogP contribution < -0.4 is 5.32 Å². The van der Waals surface area contributed by atoms with Crippen LogP contribution in [0, 0.1) is 13.8 Å². The Morgan fingerprint density at radius 3 is 2.57 bits per heavy atom. The van der Waals surface area contributed by atoms with E-state index in [1.807, 2.05) is 32.0 Å². The van der Waals surface area contributed by atoms with Crippen molar-refractivity contribution in [1.29, 1.82) is 0 Å². The van der Waals surface area contributed by atoms with Crippen molar-refractivity contribution in [3.05, 3.63) is 64.0 Å². The molecular weight excluding hydrogens is 312 g/mol. The van der Waals surface area contributed by atoms with Gasteiger partial charge in [0.05, 0.1) is 4.91 Å². The van der Waals surface area contributed by atoms with Gasteiger partial charge < -0.3 is 9.73 Å². The van der Waals surface area contributed by atoms with Gasteiger partial charge in [-0.05, 0) is 49.9 Å². The summed E-state index contributed by atoms with van der Waals surface area (Å²) in [7, 11) is 0. The molecule has 1 aliphatic heterocycles. The lowest BCUT2D eigenvalue weighted by atomic mass is 10.1. The maximum atomic E-state index is 12.1. The maximum absolute atomic E-state index is 12.1. The molecule has 23 heavy (non-hydrogen) atoms. The van der Waals surface area contributed by atoms with Crippen LogP contribution in [0.1, 0.15) is 27.4 Å². The van der Waals surface area contributed by atoms with Gasteiger partial charge in [-0.3, -0.25) is 9.59 Å². The van der Waals surface area contributed by atoms with Gasteiger partial charge in [-0.1, -0.05) is 17.7 Å². The number of amidine groups is 1. The van der Waals surface area contributed by atoms with Gasteiger partial charge in [0.1, 0.15) is 11.5 Å². The number of rotatable bonds is 2. The summed E-state index contributed by atoms with van der Waals surface area (Å²) in [4.78, 5) is 28.4. The standard InChI is InChI=1S/C17H14N2O3S/c1-10-3-6-12(7-4-10)15(20)18-17-19-16(21)14(23-17)9-13-8-5-11(2)22-13/h3-9H,1-2H3,(H,18,19,20,21)/b14-9-. The van der Waals surface area contributed by atoms with E-state index in [1.165, 1.54) is 0 Å². The molecule has 2 heterocycles. The van der Waals surface area contributed by atoms with Crippen molar-refractivity contribution in [1.82, 2.24) is 5.32 Å². The molecule has 6 heteroatoms. The van der Waals surface area contributed by atoms with Crippen LogP contribution in [0.2, 0.25) is 0 Å². The molecule has 0 atom stereocenters. The summed E-state index contributed by atoms with van der Waals surface area (Å²) < 4.78 is 5.41. The van der Waals surface area contributed by atoms with Crippen molar-refractivity contribution < 1.29 is 14.0 Å². The van der Waals surface area contributed by atoms with Crippen molar-refractivity contribution in [2.75, 3.05) is 0 Å². The van der Waals surface area contributed by atoms with Crippen LogP contribution in [-0.4, -0.2) is 17.0 Å². The van der Waals surface area contributed by atoms with Gasteiger partial charge in [-0.25, -0.2) is 0 Å². The molecule has 1 aliphatic rings. The number of nitrogens with one attached hydrogen (secondary N) is 1. The topological polar surface area (TPSA) is 71.7 Å². The fourth-order valence-electron chi connectivity index (χ4n) is 1.99. The van der Waals surface area contributed by atoms with E-state index >= 15 is 0 Å². The van der Waals surface area contributed by atoms with Crippen molar-refractivity contribution >= 4 is 34.8 Å². The van der Waals surface area contributed by atoms with E-state index < -0.39 is 0 Å². The average molecular weight is 326 g/mol. The lowest BCUT2D eigenvalue weighted by Gasteiger charge is -1.97. The molecular formula is C17H14N2O3S. The molecule has 1 aromatic heterocycles. The van der Waals surface area contributed by atoms with Crippen LogP contribution >= 0.6 is 11.8 Å². The highest BCUT2D eigenvalue weighted by Gasteiger charge is 2.25. The maximum Gasteiger partial charge on any atom is 0.279 e. The van der Waals surface area contributed by atoms with Gasteiger partial charge in [0.15, 0.2) is 5.17 Å². The van der Waals surface area contributed by atoms with Crippen molar-refractivity contribution in [2.24, 2.45) is 4.99 Å². The van der Waals surface area contributed by atoms with E-state index in [0.29, 0.717) is 16.2 Å². The van der Waals surface area contributed by atoms with Gasteiger partial charge >= 0.3 is 0 Å². The number of furan rings is 1. The fourth-order valence-corrected chi connectivity index (χ4v) is 2.79. The van der Waals surface area contributed by atoms with E-state index in [9.17, 15) is 9.59 Å². The van der Waals surface area contributed by atoms with Gasteiger partial charge in [-0.15, -0.1) is 0 Å². The summed E-state index contributed by atoms with van der Waals surface area (Å²) in [6.45, 7) is 3.78. The number of benzene rings is 1. The first-order chi connectivity index (χ1) is 11.0. The van der Waals surface area contributed by atoms with Gasteiger partial charge in [0, 0.05) is 11.6 Å². The van der Waals surface area contributed by atoms with Crippen molar-refractivity contribution in [2.45, 2.75) is 13.8 Å². The van der Waals surface area contributed by atoms with Crippen LogP contribution in [0.5, 0.6) is 0 Å². The summed E-state index contributed by atoms with van der Waals surface area (Å²) >= 11 is 1.12. The molecule has 3 rings (SSSR count). The van der Waals surface area contributed by atoms with Crippen molar-refractivity contribution in [3.8, 4) is 0 Å². The number of nitrogens with zero attached hydrogens (tertiary/aromatic N) is 1. The van der Waals surface area contributed by atoms with E-state index in [1.54, 1.807) is 24.3 Å². The molecule has 5 nitrogen and oxygen atoms in total. The van der Waals surface area contributed by atoms with Crippen LogP contribution in [0.15, 0.2) is 50.7 Å². The number of carbonyl (C=O) groups excluding carboxylic acids is 2. The molecule has 0 aliphatic carbocycles. The Labute approximate surface area is 137 Å². The van der Waals surface area contributed by atoms with Crippen molar-refractivity contribution in [3.63, 3.8) is 0 Å². The molecule has 0 unspecified atom stereocenters. The minimum absolute atomic E-state index is 0.273. The largest absolute Gasteiger partial charge is 0.462 e. The predicted octanol–water partition coefficient (Wildman–Crippen LogP) is 3.30. The highest BCUT2D eigenvalue weighted by Crippen LogP contribution is 2.26. The lowest BCUT2D eigenvalue weighted by Crippen LogP contribution is -2.20. The summed E-state index contributed by atoms with van der Waals surface area (Å²) in [5, 5.41) is 2.86. The third-order valence-electron chi connectivity index (χ3n) is 3.19. The van der Waals surface area contributed by atoms with Gasteiger partial charge in [0.25, 0.3) is 11.8 Å². The molecule has 0 bridgehead atoms. The molecule has 2 amide bonds.